The van der Waals surface area contributed by atoms with Gasteiger partial charge < -0.3 is 10.6 Å². The SMILES string of the molecule is CC(N=O)C(C)(C)NCCNC(C)(C)C(C)N=Nc1ccccc1. The number of azo groups is 1. The molecule has 0 aromatic heterocycles. The second-order valence-corrected chi connectivity index (χ2v) is 7.31. The highest BCUT2D eigenvalue weighted by Crippen LogP contribution is 2.17. The zero-order chi connectivity index (χ0) is 18.2. The monoisotopic (exact) mass is 333 g/mol. The summed E-state index contributed by atoms with van der Waals surface area (Å²) in [7, 11) is 0. The summed E-state index contributed by atoms with van der Waals surface area (Å²) in [5.41, 5.74) is 0.365. The van der Waals surface area contributed by atoms with E-state index in [1.807, 2.05) is 51.1 Å². The fourth-order valence-electron chi connectivity index (χ4n) is 1.99. The van der Waals surface area contributed by atoms with Crippen LogP contribution in [0.4, 0.5) is 5.69 Å². The van der Waals surface area contributed by atoms with Crippen molar-refractivity contribution in [2.24, 2.45) is 15.4 Å². The predicted octanol–water partition coefficient (Wildman–Crippen LogP) is 4.05. The van der Waals surface area contributed by atoms with Crippen LogP contribution in [0.25, 0.3) is 0 Å². The van der Waals surface area contributed by atoms with Gasteiger partial charge >= 0.3 is 0 Å². The molecule has 1 aromatic carbocycles. The van der Waals surface area contributed by atoms with Crippen molar-refractivity contribution < 1.29 is 0 Å². The number of benzene rings is 1. The van der Waals surface area contributed by atoms with Crippen LogP contribution < -0.4 is 10.6 Å². The van der Waals surface area contributed by atoms with Gasteiger partial charge in [0.2, 0.25) is 0 Å². The molecule has 0 heterocycles. The Labute approximate surface area is 145 Å². The molecule has 2 N–H and O–H groups in total. The van der Waals surface area contributed by atoms with E-state index in [4.69, 9.17) is 0 Å². The summed E-state index contributed by atoms with van der Waals surface area (Å²) in [4.78, 5) is 10.7. The highest BCUT2D eigenvalue weighted by atomic mass is 16.3. The standard InChI is InChI=1S/C18H31N5O/c1-14(21-22-16-10-8-7-9-11-16)17(3,4)19-12-13-20-18(5,6)15(2)23-24/h7-11,14-15,19-20H,12-13H2,1-6H3. The Balaban J connectivity index is 2.45. The topological polar surface area (TPSA) is 78.2 Å². The summed E-state index contributed by atoms with van der Waals surface area (Å²) in [6.45, 7) is 13.6. The summed E-state index contributed by atoms with van der Waals surface area (Å²) in [5.74, 6) is 0. The summed E-state index contributed by atoms with van der Waals surface area (Å²) >= 11 is 0. The molecule has 134 valence electrons. The molecule has 1 aromatic rings. The minimum Gasteiger partial charge on any atom is -0.308 e. The van der Waals surface area contributed by atoms with Crippen LogP contribution in [-0.2, 0) is 0 Å². The molecule has 0 bridgehead atoms. The lowest BCUT2D eigenvalue weighted by Crippen LogP contribution is -2.53. The van der Waals surface area contributed by atoms with Gasteiger partial charge in [0, 0.05) is 24.2 Å². The lowest BCUT2D eigenvalue weighted by Gasteiger charge is -2.32. The molecule has 0 saturated heterocycles. The first kappa shape index (κ1) is 20.4. The molecule has 0 aliphatic heterocycles. The van der Waals surface area contributed by atoms with Crippen LogP contribution in [0.2, 0.25) is 0 Å². The number of nitroso groups, excluding NO2 is 1. The zero-order valence-electron chi connectivity index (χ0n) is 15.7. The lowest BCUT2D eigenvalue weighted by atomic mass is 9.96. The summed E-state index contributed by atoms with van der Waals surface area (Å²) in [6.07, 6.45) is 0. The third-order valence-corrected chi connectivity index (χ3v) is 4.64. The van der Waals surface area contributed by atoms with Gasteiger partial charge in [-0.25, -0.2) is 0 Å². The van der Waals surface area contributed by atoms with Crippen molar-refractivity contribution in [2.75, 3.05) is 13.1 Å². The molecule has 0 saturated carbocycles. The van der Waals surface area contributed by atoms with Gasteiger partial charge in [-0.3, -0.25) is 0 Å². The molecule has 6 nitrogen and oxygen atoms in total. The van der Waals surface area contributed by atoms with Crippen LogP contribution in [0.5, 0.6) is 0 Å². The first-order valence-corrected chi connectivity index (χ1v) is 8.47. The molecule has 2 unspecified atom stereocenters. The highest BCUT2D eigenvalue weighted by molar-refractivity contribution is 5.34. The zero-order valence-corrected chi connectivity index (χ0v) is 15.7. The van der Waals surface area contributed by atoms with Crippen LogP contribution in [0, 0.1) is 4.91 Å². The van der Waals surface area contributed by atoms with Gasteiger partial charge in [0.05, 0.1) is 11.7 Å². The molecule has 6 heteroatoms. The molecule has 0 fully saturated rings. The number of hydrogen-bond donors (Lipinski definition) is 2. The molecule has 0 aliphatic rings. The van der Waals surface area contributed by atoms with Gasteiger partial charge in [0.1, 0.15) is 6.04 Å². The minimum absolute atomic E-state index is 0.0290. The highest BCUT2D eigenvalue weighted by Gasteiger charge is 2.27. The Morgan fingerprint density at radius 1 is 0.917 bits per heavy atom. The molecule has 0 spiro atoms. The third-order valence-electron chi connectivity index (χ3n) is 4.64. The van der Waals surface area contributed by atoms with Gasteiger partial charge in [0.15, 0.2) is 0 Å². The Hall–Kier alpha value is -1.66. The van der Waals surface area contributed by atoms with Gasteiger partial charge in [-0.05, 0) is 53.7 Å². The van der Waals surface area contributed by atoms with E-state index < -0.39 is 0 Å². The van der Waals surface area contributed by atoms with Crippen molar-refractivity contribution in [1.82, 2.24) is 10.6 Å². The fraction of sp³-hybridized carbons (Fsp3) is 0.667. The second-order valence-electron chi connectivity index (χ2n) is 7.31. The van der Waals surface area contributed by atoms with Crippen molar-refractivity contribution in [3.05, 3.63) is 35.2 Å². The molecular formula is C18H31N5O. The molecule has 2 atom stereocenters. The van der Waals surface area contributed by atoms with E-state index >= 15 is 0 Å². The summed E-state index contributed by atoms with van der Waals surface area (Å²) < 4.78 is 0. The number of hydrogen-bond acceptors (Lipinski definition) is 6. The van der Waals surface area contributed by atoms with Crippen LogP contribution in [-0.4, -0.2) is 36.3 Å². The van der Waals surface area contributed by atoms with Crippen molar-refractivity contribution in [2.45, 2.75) is 64.7 Å². The maximum atomic E-state index is 10.7. The third kappa shape index (κ3) is 6.45. The normalized spacial score (nSPS) is 15.4. The maximum absolute atomic E-state index is 10.7. The van der Waals surface area contributed by atoms with E-state index in [2.05, 4.69) is 46.8 Å². The quantitative estimate of drug-likeness (QED) is 0.385. The average molecular weight is 333 g/mol. The summed E-state index contributed by atoms with van der Waals surface area (Å²) in [6, 6.07) is 9.49. The van der Waals surface area contributed by atoms with Crippen molar-refractivity contribution >= 4 is 5.69 Å². The molecular weight excluding hydrogens is 302 g/mol. The van der Waals surface area contributed by atoms with Gasteiger partial charge in [-0.2, -0.15) is 15.1 Å². The Kier molecular flexibility index (Phi) is 7.63. The van der Waals surface area contributed by atoms with Crippen molar-refractivity contribution in [3.8, 4) is 0 Å². The molecule has 1 rings (SSSR count). The summed E-state index contributed by atoms with van der Waals surface area (Å²) in [5, 5.41) is 18.7. The van der Waals surface area contributed by atoms with Crippen LogP contribution in [0.1, 0.15) is 41.5 Å². The minimum atomic E-state index is -0.313. The van der Waals surface area contributed by atoms with Crippen molar-refractivity contribution in [3.63, 3.8) is 0 Å². The second kappa shape index (κ2) is 8.99. The number of rotatable bonds is 10. The molecule has 0 radical (unpaired) electrons. The van der Waals surface area contributed by atoms with E-state index in [9.17, 15) is 4.91 Å². The van der Waals surface area contributed by atoms with E-state index in [0.717, 1.165) is 18.8 Å². The van der Waals surface area contributed by atoms with Crippen LogP contribution in [0.15, 0.2) is 45.7 Å². The first-order chi connectivity index (χ1) is 11.2. The lowest BCUT2D eigenvalue weighted by molar-refractivity contribution is 0.298. The molecule has 0 amide bonds. The average Bonchev–Trinajstić information content (AvgIpc) is 2.56. The molecule has 0 aliphatic carbocycles. The van der Waals surface area contributed by atoms with Gasteiger partial charge in [-0.1, -0.05) is 23.4 Å². The largest absolute Gasteiger partial charge is 0.308 e. The Bertz CT molecular complexity index is 527. The van der Waals surface area contributed by atoms with Crippen LogP contribution in [0.3, 0.4) is 0 Å². The smallest absolute Gasteiger partial charge is 0.107 e. The fourth-order valence-corrected chi connectivity index (χ4v) is 1.99. The van der Waals surface area contributed by atoms with E-state index in [1.54, 1.807) is 0 Å². The predicted molar refractivity (Wildman–Crippen MR) is 99.8 cm³/mol. The van der Waals surface area contributed by atoms with Crippen molar-refractivity contribution in [1.29, 1.82) is 0 Å². The molecule has 24 heavy (non-hydrogen) atoms. The van der Waals surface area contributed by atoms with Gasteiger partial charge in [-0.15, -0.1) is 0 Å². The number of nitrogens with one attached hydrogen (secondary N) is 2. The van der Waals surface area contributed by atoms with E-state index in [1.165, 1.54) is 0 Å². The number of nitrogens with zero attached hydrogens (tertiary/aromatic N) is 3. The van der Waals surface area contributed by atoms with Crippen LogP contribution >= 0.6 is 0 Å². The Morgan fingerprint density at radius 3 is 1.92 bits per heavy atom. The Morgan fingerprint density at radius 2 is 1.42 bits per heavy atom. The van der Waals surface area contributed by atoms with E-state index in [-0.39, 0.29) is 23.2 Å². The maximum Gasteiger partial charge on any atom is 0.107 e. The first-order valence-electron chi connectivity index (χ1n) is 8.47. The van der Waals surface area contributed by atoms with E-state index in [0.29, 0.717) is 0 Å². The van der Waals surface area contributed by atoms with Gasteiger partial charge in [0.25, 0.3) is 0 Å².